The lowest BCUT2D eigenvalue weighted by molar-refractivity contribution is -0.359. The van der Waals surface area contributed by atoms with Crippen LogP contribution >= 0.6 is 0 Å². The molecule has 2 heterocycles. The Balaban J connectivity index is 1.61. The largest absolute Gasteiger partial charge is 0.394 e. The molecular weight excluding hydrogens is 1100 g/mol. The van der Waals surface area contributed by atoms with Crippen LogP contribution in [0.3, 0.4) is 0 Å². The highest BCUT2D eigenvalue weighted by Gasteiger charge is 2.51. The van der Waals surface area contributed by atoms with E-state index in [1.807, 2.05) is 0 Å². The second-order valence-corrected chi connectivity index (χ2v) is 25.3. The van der Waals surface area contributed by atoms with E-state index in [-0.39, 0.29) is 12.5 Å². The van der Waals surface area contributed by atoms with Gasteiger partial charge in [0.1, 0.15) is 48.8 Å². The fourth-order valence-corrected chi connectivity index (χ4v) is 11.8. The van der Waals surface area contributed by atoms with Crippen molar-refractivity contribution in [1.82, 2.24) is 5.32 Å². The SMILES string of the molecule is CC/C=C\C/C=C\C/C=C\C/C=C\C/C=C\CCCCCCCCCCCCCCCCCCCCCC(=O)NC(COC1OC(CO)C(OC2OC(CO)C(O)C(O)C2O)C(O)C1O)C(O)CCCCCCCCCCCCCCCCCCCC. The monoisotopic (exact) mass is 1230 g/mol. The zero-order chi connectivity index (χ0) is 63.1. The van der Waals surface area contributed by atoms with Gasteiger partial charge >= 0.3 is 0 Å². The predicted octanol–water partition coefficient (Wildman–Crippen LogP) is 14.8. The average Bonchev–Trinajstić information content (AvgIpc) is 3.71. The van der Waals surface area contributed by atoms with Gasteiger partial charge in [-0.25, -0.2) is 0 Å². The van der Waals surface area contributed by atoms with E-state index in [2.05, 4.69) is 79.9 Å². The van der Waals surface area contributed by atoms with E-state index in [1.54, 1.807) is 0 Å². The Kier molecular flexibility index (Phi) is 53.5. The van der Waals surface area contributed by atoms with Crippen molar-refractivity contribution in [1.29, 1.82) is 0 Å². The number of nitrogens with one attached hydrogen (secondary N) is 1. The second kappa shape index (κ2) is 57.6. The van der Waals surface area contributed by atoms with Crippen molar-refractivity contribution in [2.45, 2.75) is 376 Å². The summed E-state index contributed by atoms with van der Waals surface area (Å²) >= 11 is 0. The standard InChI is InChI=1S/C73H133NO13/c1-3-5-7-9-11-13-15-17-19-21-23-24-25-26-27-28-29-30-31-32-33-34-35-36-37-38-39-41-43-45-47-49-51-53-55-57-65(78)74-61(62(77)56-54-52-50-48-46-44-42-40-22-20-18-16-14-12-10-8-6-4-2)60-84-72-70(83)68(81)71(64(59-76)86-72)87-73-69(82)67(80)66(79)63(58-75)85-73/h5,7,11,13,17,19,23-24,26-27,61-64,66-73,75-77,79-83H,3-4,6,8-10,12,14-16,18,20-22,25,28-60H2,1-2H3,(H,74,78)/b7-5-,13-11-,19-17-,24-23-,27-26-. The van der Waals surface area contributed by atoms with Gasteiger partial charge in [0.05, 0.1) is 32.0 Å². The number of aliphatic hydroxyl groups is 8. The van der Waals surface area contributed by atoms with E-state index in [1.165, 1.54) is 193 Å². The van der Waals surface area contributed by atoms with Crippen molar-refractivity contribution in [3.8, 4) is 0 Å². The van der Waals surface area contributed by atoms with Crippen molar-refractivity contribution in [3.05, 3.63) is 60.8 Å². The third kappa shape index (κ3) is 41.7. The van der Waals surface area contributed by atoms with Gasteiger partial charge in [-0.1, -0.05) is 299 Å². The number of ether oxygens (including phenoxy) is 4. The first-order chi connectivity index (χ1) is 42.6. The number of carbonyl (C=O) groups excluding carboxylic acids is 1. The normalized spacial score (nSPS) is 23.6. The lowest BCUT2D eigenvalue weighted by Gasteiger charge is -2.46. The quantitative estimate of drug-likeness (QED) is 0.0204. The summed E-state index contributed by atoms with van der Waals surface area (Å²) in [5.74, 6) is -0.203. The number of hydrogen-bond donors (Lipinski definition) is 9. The Labute approximate surface area is 530 Å². The molecule has 12 atom stereocenters. The maximum Gasteiger partial charge on any atom is 0.220 e. The average molecular weight is 1230 g/mol. The molecule has 87 heavy (non-hydrogen) atoms. The second-order valence-electron chi connectivity index (χ2n) is 25.3. The molecule has 2 saturated heterocycles. The molecule has 2 aliphatic heterocycles. The van der Waals surface area contributed by atoms with E-state index in [4.69, 9.17) is 18.9 Å². The fourth-order valence-electron chi connectivity index (χ4n) is 11.8. The lowest BCUT2D eigenvalue weighted by Crippen LogP contribution is -2.65. The number of unbranched alkanes of at least 4 members (excludes halogenated alkanes) is 36. The Morgan fingerprint density at radius 1 is 0.425 bits per heavy atom. The minimum atomic E-state index is -1.78. The van der Waals surface area contributed by atoms with Crippen LogP contribution < -0.4 is 5.32 Å². The molecule has 14 nitrogen and oxygen atoms in total. The minimum absolute atomic E-state index is 0.203. The number of allylic oxidation sites excluding steroid dienone is 10. The molecule has 0 radical (unpaired) electrons. The molecule has 14 heteroatoms. The third-order valence-electron chi connectivity index (χ3n) is 17.5. The van der Waals surface area contributed by atoms with Crippen LogP contribution in [0.2, 0.25) is 0 Å². The number of aliphatic hydroxyl groups excluding tert-OH is 8. The zero-order valence-electron chi connectivity index (χ0n) is 55.3. The lowest BCUT2D eigenvalue weighted by atomic mass is 9.97. The van der Waals surface area contributed by atoms with Crippen LogP contribution in [-0.4, -0.2) is 140 Å². The molecular formula is C73H133NO13. The van der Waals surface area contributed by atoms with Crippen molar-refractivity contribution < 1.29 is 64.6 Å². The summed E-state index contributed by atoms with van der Waals surface area (Å²) in [6.45, 7) is 2.78. The van der Waals surface area contributed by atoms with Gasteiger partial charge in [0.2, 0.25) is 5.91 Å². The smallest absolute Gasteiger partial charge is 0.220 e. The predicted molar refractivity (Wildman–Crippen MR) is 355 cm³/mol. The van der Waals surface area contributed by atoms with Gasteiger partial charge < -0.3 is 65.1 Å². The van der Waals surface area contributed by atoms with Crippen LogP contribution in [0.4, 0.5) is 0 Å². The Hall–Kier alpha value is -2.31. The van der Waals surface area contributed by atoms with Gasteiger partial charge in [-0.15, -0.1) is 0 Å². The van der Waals surface area contributed by atoms with Crippen molar-refractivity contribution >= 4 is 5.91 Å². The molecule has 0 bridgehead atoms. The van der Waals surface area contributed by atoms with E-state index in [0.29, 0.717) is 12.8 Å². The molecule has 0 saturated carbocycles. The Morgan fingerprint density at radius 3 is 1.22 bits per heavy atom. The topological polar surface area (TPSA) is 228 Å². The molecule has 508 valence electrons. The highest BCUT2D eigenvalue weighted by Crippen LogP contribution is 2.30. The van der Waals surface area contributed by atoms with Crippen LogP contribution in [0.1, 0.15) is 303 Å². The number of hydrogen-bond acceptors (Lipinski definition) is 13. The summed E-state index contributed by atoms with van der Waals surface area (Å²) in [5.41, 5.74) is 0. The molecule has 0 aliphatic carbocycles. The molecule has 9 N–H and O–H groups in total. The summed E-state index contributed by atoms with van der Waals surface area (Å²) in [4.78, 5) is 13.4. The summed E-state index contributed by atoms with van der Waals surface area (Å²) in [5, 5.41) is 87.6. The van der Waals surface area contributed by atoms with Gasteiger partial charge in [0.25, 0.3) is 0 Å². The van der Waals surface area contributed by atoms with E-state index < -0.39 is 86.8 Å². The highest BCUT2D eigenvalue weighted by atomic mass is 16.7. The first kappa shape index (κ1) is 80.8. The van der Waals surface area contributed by atoms with E-state index >= 15 is 0 Å². The summed E-state index contributed by atoms with van der Waals surface area (Å²) in [6.07, 6.45) is 59.5. The van der Waals surface area contributed by atoms with Gasteiger partial charge in [0, 0.05) is 6.42 Å². The Morgan fingerprint density at radius 2 is 0.793 bits per heavy atom. The molecule has 0 aromatic carbocycles. The van der Waals surface area contributed by atoms with Crippen LogP contribution in [0.5, 0.6) is 0 Å². The molecule has 2 aliphatic rings. The van der Waals surface area contributed by atoms with Gasteiger partial charge in [-0.2, -0.15) is 0 Å². The first-order valence-corrected chi connectivity index (χ1v) is 36.0. The van der Waals surface area contributed by atoms with E-state index in [9.17, 15) is 45.6 Å². The minimum Gasteiger partial charge on any atom is -0.394 e. The van der Waals surface area contributed by atoms with Gasteiger partial charge in [-0.3, -0.25) is 4.79 Å². The summed E-state index contributed by atoms with van der Waals surface area (Å²) in [6, 6.07) is -0.829. The molecule has 12 unspecified atom stereocenters. The fraction of sp³-hybridized carbons (Fsp3) is 0.849. The zero-order valence-corrected chi connectivity index (χ0v) is 55.3. The molecule has 0 spiro atoms. The van der Waals surface area contributed by atoms with Crippen molar-refractivity contribution in [2.24, 2.45) is 0 Å². The van der Waals surface area contributed by atoms with E-state index in [0.717, 1.165) is 83.5 Å². The van der Waals surface area contributed by atoms with Gasteiger partial charge in [0.15, 0.2) is 12.6 Å². The maximum absolute atomic E-state index is 13.4. The summed E-state index contributed by atoms with van der Waals surface area (Å²) < 4.78 is 22.9. The first-order valence-electron chi connectivity index (χ1n) is 36.0. The molecule has 2 rings (SSSR count). The molecule has 0 aromatic rings. The van der Waals surface area contributed by atoms with Crippen molar-refractivity contribution in [2.75, 3.05) is 19.8 Å². The highest BCUT2D eigenvalue weighted by molar-refractivity contribution is 5.76. The number of carbonyl (C=O) groups is 1. The number of rotatable bonds is 59. The molecule has 0 aromatic heterocycles. The summed E-state index contributed by atoms with van der Waals surface area (Å²) in [7, 11) is 0. The Bertz CT molecular complexity index is 1690. The van der Waals surface area contributed by atoms with Crippen LogP contribution in [-0.2, 0) is 23.7 Å². The van der Waals surface area contributed by atoms with Gasteiger partial charge in [-0.05, 0) is 57.8 Å². The number of amides is 1. The van der Waals surface area contributed by atoms with Crippen molar-refractivity contribution in [3.63, 3.8) is 0 Å². The maximum atomic E-state index is 13.4. The third-order valence-corrected chi connectivity index (χ3v) is 17.5. The molecule has 1 amide bonds. The molecule has 2 fully saturated rings. The van der Waals surface area contributed by atoms with Crippen LogP contribution in [0.15, 0.2) is 60.8 Å². The van der Waals surface area contributed by atoms with Crippen LogP contribution in [0.25, 0.3) is 0 Å². The van der Waals surface area contributed by atoms with Crippen LogP contribution in [0, 0.1) is 0 Å².